The molecule has 0 spiro atoms. The van der Waals surface area contributed by atoms with Gasteiger partial charge < -0.3 is 4.55 Å². The van der Waals surface area contributed by atoms with Gasteiger partial charge >= 0.3 is 0 Å². The highest BCUT2D eigenvalue weighted by molar-refractivity contribution is 9.10. The summed E-state index contributed by atoms with van der Waals surface area (Å²) < 4.78 is 30.1. The molecule has 3 nitrogen and oxygen atoms in total. The number of rotatable bonds is 3. The quantitative estimate of drug-likeness (QED) is 0.831. The molecule has 6 heteroatoms. The molecule has 0 aliphatic heterocycles. The second-order valence-electron chi connectivity index (χ2n) is 6.26. The summed E-state index contributed by atoms with van der Waals surface area (Å²) in [5.41, 5.74) is -0.223. The third kappa shape index (κ3) is 3.35. The number of pyridine rings is 1. The monoisotopic (exact) mass is 362 g/mol. The third-order valence-electron chi connectivity index (χ3n) is 3.56. The Kier molecular flexibility index (Phi) is 4.79. The van der Waals surface area contributed by atoms with E-state index in [0.717, 1.165) is 25.7 Å². The van der Waals surface area contributed by atoms with Crippen LogP contribution in [0.2, 0.25) is 0 Å². The van der Waals surface area contributed by atoms with Gasteiger partial charge in [-0.05, 0) is 55.6 Å². The van der Waals surface area contributed by atoms with E-state index in [0.29, 0.717) is 10.2 Å². The Morgan fingerprint density at radius 3 is 2.50 bits per heavy atom. The van der Waals surface area contributed by atoms with E-state index in [1.165, 1.54) is 6.07 Å². The van der Waals surface area contributed by atoms with Crippen molar-refractivity contribution in [1.82, 2.24) is 9.71 Å². The topological polar surface area (TPSA) is 48.0 Å². The highest BCUT2D eigenvalue weighted by Crippen LogP contribution is 2.40. The van der Waals surface area contributed by atoms with Crippen LogP contribution >= 0.6 is 15.9 Å². The third-order valence-corrected chi connectivity index (χ3v) is 5.68. The van der Waals surface area contributed by atoms with Crippen LogP contribution in [0.5, 0.6) is 0 Å². The van der Waals surface area contributed by atoms with E-state index in [-0.39, 0.29) is 10.6 Å². The minimum atomic E-state index is -1.25. The van der Waals surface area contributed by atoms with Gasteiger partial charge in [0.25, 0.3) is 0 Å². The molecule has 1 aliphatic carbocycles. The van der Waals surface area contributed by atoms with Gasteiger partial charge in [-0.1, -0.05) is 12.8 Å². The molecule has 1 fully saturated rings. The number of aromatic nitrogens is 1. The number of hydrogen-bond acceptors (Lipinski definition) is 3. The summed E-state index contributed by atoms with van der Waals surface area (Å²) in [5, 5.41) is 0. The van der Waals surface area contributed by atoms with Crippen molar-refractivity contribution in [2.45, 2.75) is 56.7 Å². The first-order chi connectivity index (χ1) is 9.24. The summed E-state index contributed by atoms with van der Waals surface area (Å²) in [6.07, 6.45) is 5.11. The fraction of sp³-hybridized carbons (Fsp3) is 0.643. The molecule has 2 rings (SSSR count). The lowest BCUT2D eigenvalue weighted by atomic mass is 9.94. The average molecular weight is 363 g/mol. The van der Waals surface area contributed by atoms with Crippen LogP contribution in [0.4, 0.5) is 4.39 Å². The van der Waals surface area contributed by atoms with Crippen LogP contribution in [0.1, 0.15) is 52.1 Å². The molecule has 0 radical (unpaired) electrons. The zero-order valence-electron chi connectivity index (χ0n) is 12.0. The molecule has 112 valence electrons. The molecule has 1 atom stereocenters. The molecule has 20 heavy (non-hydrogen) atoms. The summed E-state index contributed by atoms with van der Waals surface area (Å²) in [7, 11) is 0. The minimum Gasteiger partial charge on any atom is -0.598 e. The molecule has 0 aromatic carbocycles. The van der Waals surface area contributed by atoms with Crippen LogP contribution in [0.3, 0.4) is 0 Å². The van der Waals surface area contributed by atoms with Crippen LogP contribution in [0.15, 0.2) is 16.7 Å². The largest absolute Gasteiger partial charge is 0.598 e. The molecule has 0 amide bonds. The van der Waals surface area contributed by atoms with E-state index in [9.17, 15) is 8.94 Å². The Labute approximate surface area is 131 Å². The molecule has 1 aromatic heterocycles. The van der Waals surface area contributed by atoms with E-state index < -0.39 is 16.9 Å². The maximum Gasteiger partial charge on any atom is 0.147 e. The van der Waals surface area contributed by atoms with E-state index in [1.54, 1.807) is 6.20 Å². The Morgan fingerprint density at radius 2 is 2.00 bits per heavy atom. The SMILES string of the molecule is CC(C)(C)[S@@+]([O-])NC1(c2ncc(Br)cc2F)CCCC1. The van der Waals surface area contributed by atoms with Crippen molar-refractivity contribution in [2.75, 3.05) is 0 Å². The van der Waals surface area contributed by atoms with Gasteiger partial charge in [-0.25, -0.2) is 4.39 Å². The summed E-state index contributed by atoms with van der Waals surface area (Å²) in [5.74, 6) is -0.348. The molecule has 0 saturated heterocycles. The van der Waals surface area contributed by atoms with Gasteiger partial charge in [-0.2, -0.15) is 0 Å². The van der Waals surface area contributed by atoms with E-state index in [4.69, 9.17) is 0 Å². The normalized spacial score (nSPS) is 20.1. The highest BCUT2D eigenvalue weighted by Gasteiger charge is 2.45. The maximum atomic E-state index is 14.3. The van der Waals surface area contributed by atoms with Crippen molar-refractivity contribution in [2.24, 2.45) is 0 Å². The Bertz CT molecular complexity index is 487. The Balaban J connectivity index is 2.35. The summed E-state index contributed by atoms with van der Waals surface area (Å²) >= 11 is 1.97. The van der Waals surface area contributed by atoms with Gasteiger partial charge in [0.2, 0.25) is 0 Å². The molecule has 1 aliphatic rings. The summed E-state index contributed by atoms with van der Waals surface area (Å²) in [6, 6.07) is 1.42. The van der Waals surface area contributed by atoms with Crippen LogP contribution in [0.25, 0.3) is 0 Å². The van der Waals surface area contributed by atoms with Gasteiger partial charge in [0.15, 0.2) is 0 Å². The first kappa shape index (κ1) is 16.2. The molecule has 1 saturated carbocycles. The zero-order valence-corrected chi connectivity index (χ0v) is 14.4. The first-order valence-corrected chi connectivity index (χ1v) is 8.70. The lowest BCUT2D eigenvalue weighted by Gasteiger charge is -2.34. The molecule has 0 bridgehead atoms. The first-order valence-electron chi connectivity index (χ1n) is 6.76. The van der Waals surface area contributed by atoms with Gasteiger partial charge in [-0.3, -0.25) is 4.98 Å². The van der Waals surface area contributed by atoms with Crippen LogP contribution in [-0.4, -0.2) is 14.3 Å². The predicted molar refractivity (Wildman–Crippen MR) is 83.1 cm³/mol. The van der Waals surface area contributed by atoms with Gasteiger partial charge in [0, 0.05) is 22.0 Å². The molecule has 1 aromatic rings. The fourth-order valence-electron chi connectivity index (χ4n) is 2.46. The predicted octanol–water partition coefficient (Wildman–Crippen LogP) is 3.80. The van der Waals surface area contributed by atoms with Crippen LogP contribution in [-0.2, 0) is 16.9 Å². The molecular weight excluding hydrogens is 343 g/mol. The summed E-state index contributed by atoms with van der Waals surface area (Å²) in [6.45, 7) is 5.72. The lowest BCUT2D eigenvalue weighted by molar-refractivity contribution is 0.367. The number of nitrogens with one attached hydrogen (secondary N) is 1. The second-order valence-corrected chi connectivity index (χ2v) is 9.14. The van der Waals surface area contributed by atoms with Crippen molar-refractivity contribution in [3.8, 4) is 0 Å². The van der Waals surface area contributed by atoms with Crippen molar-refractivity contribution in [3.63, 3.8) is 0 Å². The standard InChI is InChI=1S/C14H20BrFN2OS/c1-13(2,3)20(19)18-14(6-4-5-7-14)12-11(16)8-10(15)9-17-12/h8-9,18H,4-7H2,1-3H3/t20-/m1/s1. The highest BCUT2D eigenvalue weighted by atomic mass is 79.9. The fourth-order valence-corrected chi connectivity index (χ4v) is 3.73. The van der Waals surface area contributed by atoms with Crippen LogP contribution < -0.4 is 4.72 Å². The Morgan fingerprint density at radius 1 is 1.40 bits per heavy atom. The lowest BCUT2D eigenvalue weighted by Crippen LogP contribution is -2.50. The number of halogens is 2. The van der Waals surface area contributed by atoms with Gasteiger partial charge in [0.05, 0.1) is 0 Å². The molecule has 1 N–H and O–H groups in total. The van der Waals surface area contributed by atoms with E-state index in [1.807, 2.05) is 20.8 Å². The Hall–Kier alpha value is -0.170. The van der Waals surface area contributed by atoms with E-state index >= 15 is 0 Å². The maximum absolute atomic E-state index is 14.3. The van der Waals surface area contributed by atoms with E-state index in [2.05, 4.69) is 25.6 Å². The average Bonchev–Trinajstić information content (AvgIpc) is 2.77. The van der Waals surface area contributed by atoms with Gasteiger partial charge in [-0.15, -0.1) is 4.72 Å². The second kappa shape index (κ2) is 5.91. The van der Waals surface area contributed by atoms with Crippen molar-refractivity contribution < 1.29 is 8.94 Å². The number of hydrogen-bond donors (Lipinski definition) is 1. The van der Waals surface area contributed by atoms with Crippen molar-refractivity contribution >= 4 is 27.3 Å². The zero-order chi connectivity index (χ0) is 15.0. The minimum absolute atomic E-state index is 0.348. The smallest absolute Gasteiger partial charge is 0.147 e. The molecule has 1 heterocycles. The van der Waals surface area contributed by atoms with Gasteiger partial charge in [0.1, 0.15) is 21.8 Å². The molecular formula is C14H20BrFN2OS. The number of nitrogens with zero attached hydrogens (tertiary/aromatic N) is 1. The van der Waals surface area contributed by atoms with Crippen LogP contribution in [0, 0.1) is 5.82 Å². The summed E-state index contributed by atoms with van der Waals surface area (Å²) in [4.78, 5) is 4.25. The van der Waals surface area contributed by atoms with Crippen molar-refractivity contribution in [1.29, 1.82) is 0 Å². The molecule has 0 unspecified atom stereocenters. The van der Waals surface area contributed by atoms with Crippen molar-refractivity contribution in [3.05, 3.63) is 28.2 Å².